The number of nitrogens with zero attached hydrogens (tertiary/aromatic N) is 2. The highest BCUT2D eigenvalue weighted by Crippen LogP contribution is 2.12. The van der Waals surface area contributed by atoms with Gasteiger partial charge in [-0.3, -0.25) is 9.48 Å². The number of carboxylic acid groups (broad SMARTS) is 1. The molecule has 0 aliphatic rings. The van der Waals surface area contributed by atoms with Gasteiger partial charge in [0.05, 0.1) is 29.8 Å². The number of aryl methyl sites for hydroxylation is 1. The summed E-state index contributed by atoms with van der Waals surface area (Å²) in [6.45, 7) is 1.88. The van der Waals surface area contributed by atoms with Gasteiger partial charge in [-0.1, -0.05) is 11.6 Å². The zero-order valence-corrected chi connectivity index (χ0v) is 8.40. The van der Waals surface area contributed by atoms with Crippen LogP contribution in [0.2, 0.25) is 5.02 Å². The molecular weight excluding hydrogens is 208 g/mol. The number of carboxylic acids is 1. The van der Waals surface area contributed by atoms with Crippen molar-refractivity contribution in [2.45, 2.75) is 26.0 Å². The lowest BCUT2D eigenvalue weighted by Gasteiger charge is -2.06. The molecule has 78 valence electrons. The molecule has 1 aromatic rings. The monoisotopic (exact) mass is 218 g/mol. The van der Waals surface area contributed by atoms with E-state index in [2.05, 4.69) is 5.10 Å². The van der Waals surface area contributed by atoms with E-state index in [0.717, 1.165) is 0 Å². The number of hydrogen-bond acceptors (Lipinski definition) is 3. The van der Waals surface area contributed by atoms with Crippen LogP contribution in [-0.4, -0.2) is 32.1 Å². The molecule has 1 unspecified atom stereocenters. The number of carbonyl (C=O) groups is 1. The molecule has 0 aromatic carbocycles. The molecule has 1 aromatic heterocycles. The predicted octanol–water partition coefficient (Wildman–Crippen LogP) is 0.681. The summed E-state index contributed by atoms with van der Waals surface area (Å²) in [6.07, 6.45) is 0.321. The fourth-order valence-electron chi connectivity index (χ4n) is 1.07. The largest absolute Gasteiger partial charge is 0.481 e. The number of aromatic nitrogens is 2. The number of hydrogen-bond donors (Lipinski definition) is 2. The van der Waals surface area contributed by atoms with E-state index < -0.39 is 12.1 Å². The quantitative estimate of drug-likeness (QED) is 0.780. The number of aliphatic hydroxyl groups excluding tert-OH is 1. The lowest BCUT2D eigenvalue weighted by molar-refractivity contribution is -0.139. The second-order valence-electron chi connectivity index (χ2n) is 3.04. The summed E-state index contributed by atoms with van der Waals surface area (Å²) in [4.78, 5) is 10.3. The average Bonchev–Trinajstić information content (AvgIpc) is 2.28. The predicted molar refractivity (Wildman–Crippen MR) is 50.2 cm³/mol. The topological polar surface area (TPSA) is 75.3 Å². The van der Waals surface area contributed by atoms with Crippen molar-refractivity contribution in [3.63, 3.8) is 0 Å². The van der Waals surface area contributed by atoms with E-state index >= 15 is 0 Å². The Morgan fingerprint density at radius 3 is 2.86 bits per heavy atom. The Morgan fingerprint density at radius 2 is 2.43 bits per heavy atom. The van der Waals surface area contributed by atoms with Crippen LogP contribution in [0.3, 0.4) is 0 Å². The van der Waals surface area contributed by atoms with Gasteiger partial charge in [-0.25, -0.2) is 0 Å². The second-order valence-corrected chi connectivity index (χ2v) is 3.44. The van der Waals surface area contributed by atoms with Crippen LogP contribution in [0.25, 0.3) is 0 Å². The van der Waals surface area contributed by atoms with Gasteiger partial charge in [-0.05, 0) is 6.92 Å². The van der Waals surface area contributed by atoms with Gasteiger partial charge in [0.25, 0.3) is 0 Å². The number of aliphatic carboxylic acids is 1. The van der Waals surface area contributed by atoms with Gasteiger partial charge in [0.2, 0.25) is 0 Å². The first-order valence-electron chi connectivity index (χ1n) is 4.08. The smallest absolute Gasteiger partial charge is 0.306 e. The van der Waals surface area contributed by atoms with Gasteiger partial charge in [-0.2, -0.15) is 5.10 Å². The minimum absolute atomic E-state index is 0.139. The molecule has 6 heteroatoms. The van der Waals surface area contributed by atoms with Crippen molar-refractivity contribution in [3.8, 4) is 0 Å². The van der Waals surface area contributed by atoms with Crippen LogP contribution in [0.15, 0.2) is 6.20 Å². The van der Waals surface area contributed by atoms with Gasteiger partial charge in [0.15, 0.2) is 0 Å². The Balaban J connectivity index is 2.56. The molecule has 1 atom stereocenters. The maximum Gasteiger partial charge on any atom is 0.306 e. The van der Waals surface area contributed by atoms with Gasteiger partial charge in [0.1, 0.15) is 0 Å². The van der Waals surface area contributed by atoms with Crippen LogP contribution in [0.1, 0.15) is 12.1 Å². The highest BCUT2D eigenvalue weighted by Gasteiger charge is 2.11. The third kappa shape index (κ3) is 3.01. The normalized spacial score (nSPS) is 12.8. The van der Waals surface area contributed by atoms with Gasteiger partial charge in [-0.15, -0.1) is 0 Å². The molecule has 0 saturated carbocycles. The first kappa shape index (κ1) is 11.0. The Hall–Kier alpha value is -1.07. The molecule has 2 N–H and O–H groups in total. The van der Waals surface area contributed by atoms with Crippen molar-refractivity contribution >= 4 is 17.6 Å². The zero-order chi connectivity index (χ0) is 10.7. The van der Waals surface area contributed by atoms with Crippen LogP contribution in [0, 0.1) is 6.92 Å². The Bertz CT molecular complexity index is 318. The molecule has 0 saturated heterocycles. The fraction of sp³-hybridized carbons (Fsp3) is 0.500. The van der Waals surface area contributed by atoms with Crippen molar-refractivity contribution in [2.24, 2.45) is 0 Å². The lowest BCUT2D eigenvalue weighted by Crippen LogP contribution is -2.20. The van der Waals surface area contributed by atoms with E-state index in [9.17, 15) is 9.90 Å². The highest BCUT2D eigenvalue weighted by molar-refractivity contribution is 6.31. The number of aliphatic hydroxyl groups is 1. The standard InChI is InChI=1S/C8H11ClN2O3/c1-5-7(9)4-11(10-5)3-6(12)2-8(13)14/h4,6,12H,2-3H2,1H3,(H,13,14). The van der Waals surface area contributed by atoms with Crippen LogP contribution in [0.5, 0.6) is 0 Å². The van der Waals surface area contributed by atoms with Gasteiger partial charge < -0.3 is 10.2 Å². The van der Waals surface area contributed by atoms with Gasteiger partial charge in [0, 0.05) is 6.20 Å². The molecule has 0 aliphatic carbocycles. The highest BCUT2D eigenvalue weighted by atomic mass is 35.5. The lowest BCUT2D eigenvalue weighted by atomic mass is 10.2. The molecule has 1 rings (SSSR count). The van der Waals surface area contributed by atoms with E-state index in [-0.39, 0.29) is 13.0 Å². The number of rotatable bonds is 4. The van der Waals surface area contributed by atoms with Crippen molar-refractivity contribution in [1.29, 1.82) is 0 Å². The summed E-state index contributed by atoms with van der Waals surface area (Å²) in [6, 6.07) is 0. The van der Waals surface area contributed by atoms with E-state index in [4.69, 9.17) is 16.7 Å². The van der Waals surface area contributed by atoms with Crippen molar-refractivity contribution in [3.05, 3.63) is 16.9 Å². The van der Waals surface area contributed by atoms with E-state index in [1.54, 1.807) is 13.1 Å². The molecule has 1 heterocycles. The van der Waals surface area contributed by atoms with Crippen LogP contribution < -0.4 is 0 Å². The molecule has 0 spiro atoms. The molecule has 14 heavy (non-hydrogen) atoms. The minimum Gasteiger partial charge on any atom is -0.481 e. The number of halogens is 1. The zero-order valence-electron chi connectivity index (χ0n) is 7.64. The Labute approximate surface area is 85.9 Å². The first-order valence-corrected chi connectivity index (χ1v) is 4.46. The molecular formula is C8H11ClN2O3. The van der Waals surface area contributed by atoms with Crippen LogP contribution in [-0.2, 0) is 11.3 Å². The SMILES string of the molecule is Cc1nn(CC(O)CC(=O)O)cc1Cl. The minimum atomic E-state index is -1.03. The Morgan fingerprint density at radius 1 is 1.79 bits per heavy atom. The molecule has 0 amide bonds. The summed E-state index contributed by atoms with van der Waals surface area (Å²) in [7, 11) is 0. The molecule has 0 bridgehead atoms. The van der Waals surface area contributed by atoms with Crippen LogP contribution in [0.4, 0.5) is 0 Å². The Kier molecular flexibility index (Phi) is 3.49. The van der Waals surface area contributed by atoms with Crippen molar-refractivity contribution < 1.29 is 15.0 Å². The summed E-state index contributed by atoms with van der Waals surface area (Å²) < 4.78 is 1.44. The summed E-state index contributed by atoms with van der Waals surface area (Å²) >= 11 is 5.74. The summed E-state index contributed by atoms with van der Waals surface area (Å²) in [5, 5.41) is 22.2. The van der Waals surface area contributed by atoms with Crippen molar-refractivity contribution in [2.75, 3.05) is 0 Å². The average molecular weight is 219 g/mol. The van der Waals surface area contributed by atoms with E-state index in [1.165, 1.54) is 4.68 Å². The summed E-state index contributed by atoms with van der Waals surface area (Å²) in [5.74, 6) is -1.03. The van der Waals surface area contributed by atoms with E-state index in [0.29, 0.717) is 10.7 Å². The fourth-order valence-corrected chi connectivity index (χ4v) is 1.22. The maximum atomic E-state index is 10.3. The second kappa shape index (κ2) is 4.43. The van der Waals surface area contributed by atoms with Crippen molar-refractivity contribution in [1.82, 2.24) is 9.78 Å². The molecule has 0 fully saturated rings. The molecule has 0 radical (unpaired) electrons. The first-order chi connectivity index (χ1) is 6.49. The van der Waals surface area contributed by atoms with E-state index in [1.807, 2.05) is 0 Å². The molecule has 5 nitrogen and oxygen atoms in total. The maximum absolute atomic E-state index is 10.3. The summed E-state index contributed by atoms with van der Waals surface area (Å²) in [5.41, 5.74) is 0.661. The third-order valence-corrected chi connectivity index (χ3v) is 2.07. The van der Waals surface area contributed by atoms with Crippen LogP contribution >= 0.6 is 11.6 Å². The third-order valence-electron chi connectivity index (χ3n) is 1.69. The van der Waals surface area contributed by atoms with Gasteiger partial charge >= 0.3 is 5.97 Å². The molecule has 0 aliphatic heterocycles.